The fourth-order valence-corrected chi connectivity index (χ4v) is 3.85. The van der Waals surface area contributed by atoms with Crippen molar-refractivity contribution in [3.05, 3.63) is 29.8 Å². The van der Waals surface area contributed by atoms with Crippen LogP contribution in [0.25, 0.3) is 0 Å². The number of aryl methyl sites for hydroxylation is 1. The number of rotatable bonds is 5. The summed E-state index contributed by atoms with van der Waals surface area (Å²) in [7, 11) is 1.66. The van der Waals surface area contributed by atoms with Gasteiger partial charge in [-0.1, -0.05) is 12.1 Å². The topological polar surface area (TPSA) is 53.0 Å². The molecule has 0 spiro atoms. The van der Waals surface area contributed by atoms with Crippen LogP contribution in [0.2, 0.25) is 0 Å². The van der Waals surface area contributed by atoms with Gasteiger partial charge in [-0.2, -0.15) is 0 Å². The number of aliphatic hydroxyl groups excluding tert-OH is 1. The van der Waals surface area contributed by atoms with Crippen molar-refractivity contribution in [2.45, 2.75) is 44.2 Å². The van der Waals surface area contributed by atoms with Crippen LogP contribution in [-0.4, -0.2) is 66.2 Å². The Kier molecular flexibility index (Phi) is 5.74. The van der Waals surface area contributed by atoms with Crippen molar-refractivity contribution in [2.75, 3.05) is 33.3 Å². The van der Waals surface area contributed by atoms with Crippen LogP contribution < -0.4 is 4.74 Å². The maximum Gasteiger partial charge on any atom is 0.222 e. The number of benzene rings is 1. The summed E-state index contributed by atoms with van der Waals surface area (Å²) in [6.07, 6.45) is 4.27. The molecule has 1 saturated carbocycles. The van der Waals surface area contributed by atoms with Gasteiger partial charge >= 0.3 is 0 Å². The number of carbonyl (C=O) groups is 1. The van der Waals surface area contributed by atoms with E-state index >= 15 is 0 Å². The van der Waals surface area contributed by atoms with E-state index in [0.29, 0.717) is 12.5 Å². The van der Waals surface area contributed by atoms with Crippen LogP contribution in [0.3, 0.4) is 0 Å². The summed E-state index contributed by atoms with van der Waals surface area (Å²) < 4.78 is 5.15. The molecule has 0 radical (unpaired) electrons. The number of hydrogen-bond acceptors (Lipinski definition) is 4. The lowest BCUT2D eigenvalue weighted by molar-refractivity contribution is -0.133. The number of piperazine rings is 1. The Labute approximate surface area is 144 Å². The number of nitrogens with zero attached hydrogens (tertiary/aromatic N) is 2. The minimum Gasteiger partial charge on any atom is -0.497 e. The van der Waals surface area contributed by atoms with Gasteiger partial charge in [-0.3, -0.25) is 9.69 Å². The Balaban J connectivity index is 1.43. The lowest BCUT2D eigenvalue weighted by Gasteiger charge is -2.39. The van der Waals surface area contributed by atoms with Crippen molar-refractivity contribution < 1.29 is 14.6 Å². The number of carbonyl (C=O) groups excluding carboxylic acids is 1. The second-order valence-electron chi connectivity index (χ2n) is 6.83. The van der Waals surface area contributed by atoms with E-state index in [1.54, 1.807) is 7.11 Å². The lowest BCUT2D eigenvalue weighted by atomic mass is 10.1. The predicted molar refractivity (Wildman–Crippen MR) is 93.1 cm³/mol. The van der Waals surface area contributed by atoms with E-state index in [1.807, 2.05) is 29.2 Å². The van der Waals surface area contributed by atoms with Crippen LogP contribution in [0.5, 0.6) is 5.75 Å². The number of amides is 1. The molecule has 0 aromatic heterocycles. The molecule has 5 heteroatoms. The number of methoxy groups -OCH3 is 1. The lowest BCUT2D eigenvalue weighted by Crippen LogP contribution is -2.53. The largest absolute Gasteiger partial charge is 0.497 e. The van der Waals surface area contributed by atoms with Crippen molar-refractivity contribution in [3.63, 3.8) is 0 Å². The van der Waals surface area contributed by atoms with Gasteiger partial charge in [0.25, 0.3) is 0 Å². The SMILES string of the molecule is COc1ccc(CCC(=O)N2CCN([C@@H]3CCC[C@H]3O)CC2)cc1. The molecular weight excluding hydrogens is 304 g/mol. The maximum absolute atomic E-state index is 12.4. The van der Waals surface area contributed by atoms with Gasteiger partial charge in [0.15, 0.2) is 0 Å². The number of ether oxygens (including phenoxy) is 1. The molecule has 24 heavy (non-hydrogen) atoms. The van der Waals surface area contributed by atoms with Gasteiger partial charge in [0, 0.05) is 38.6 Å². The highest BCUT2D eigenvalue weighted by Gasteiger charge is 2.33. The number of aliphatic hydroxyl groups is 1. The summed E-state index contributed by atoms with van der Waals surface area (Å²) in [5, 5.41) is 10.0. The van der Waals surface area contributed by atoms with Crippen molar-refractivity contribution in [2.24, 2.45) is 0 Å². The molecule has 3 rings (SSSR count). The molecule has 1 N–H and O–H groups in total. The van der Waals surface area contributed by atoms with Crippen LogP contribution >= 0.6 is 0 Å². The molecule has 1 aromatic rings. The molecule has 2 aliphatic rings. The Morgan fingerprint density at radius 1 is 1.17 bits per heavy atom. The molecular formula is C19H28N2O3. The number of hydrogen-bond donors (Lipinski definition) is 1. The quantitative estimate of drug-likeness (QED) is 0.891. The van der Waals surface area contributed by atoms with Gasteiger partial charge in [-0.15, -0.1) is 0 Å². The zero-order valence-corrected chi connectivity index (χ0v) is 14.5. The fraction of sp³-hybridized carbons (Fsp3) is 0.632. The van der Waals surface area contributed by atoms with E-state index in [0.717, 1.165) is 63.2 Å². The van der Waals surface area contributed by atoms with E-state index in [2.05, 4.69) is 4.90 Å². The van der Waals surface area contributed by atoms with Crippen LogP contribution in [0.4, 0.5) is 0 Å². The first-order chi connectivity index (χ1) is 11.7. The monoisotopic (exact) mass is 332 g/mol. The van der Waals surface area contributed by atoms with Crippen LogP contribution in [0, 0.1) is 0 Å². The minimum absolute atomic E-state index is 0.178. The molecule has 0 unspecified atom stereocenters. The van der Waals surface area contributed by atoms with Crippen LogP contribution in [0.15, 0.2) is 24.3 Å². The van der Waals surface area contributed by atoms with Gasteiger partial charge in [-0.05, 0) is 43.4 Å². The third kappa shape index (κ3) is 4.08. The summed E-state index contributed by atoms with van der Waals surface area (Å²) in [4.78, 5) is 16.8. The molecule has 1 aromatic carbocycles. The molecule has 0 bridgehead atoms. The summed E-state index contributed by atoms with van der Waals surface area (Å²) in [5.74, 6) is 1.08. The molecule has 1 heterocycles. The first kappa shape index (κ1) is 17.2. The standard InChI is InChI=1S/C19H28N2O3/c1-24-16-8-5-15(6-9-16)7-10-19(23)21-13-11-20(12-14-21)17-3-2-4-18(17)22/h5-6,8-9,17-18,22H,2-4,7,10-14H2,1H3/t17-,18-/m1/s1. The molecule has 1 aliphatic carbocycles. The highest BCUT2D eigenvalue weighted by atomic mass is 16.5. The average Bonchev–Trinajstić information content (AvgIpc) is 3.06. The van der Waals surface area contributed by atoms with Crippen molar-refractivity contribution in [1.29, 1.82) is 0 Å². The van der Waals surface area contributed by atoms with E-state index in [1.165, 1.54) is 0 Å². The molecule has 132 valence electrons. The average molecular weight is 332 g/mol. The Bertz CT molecular complexity index is 538. The third-order valence-corrected chi connectivity index (χ3v) is 5.37. The highest BCUT2D eigenvalue weighted by molar-refractivity contribution is 5.76. The van der Waals surface area contributed by atoms with Gasteiger partial charge in [0.2, 0.25) is 5.91 Å². The molecule has 5 nitrogen and oxygen atoms in total. The molecule has 1 amide bonds. The highest BCUT2D eigenvalue weighted by Crippen LogP contribution is 2.25. The second-order valence-corrected chi connectivity index (χ2v) is 6.83. The summed E-state index contributed by atoms with van der Waals surface area (Å²) in [5.41, 5.74) is 1.16. The van der Waals surface area contributed by atoms with Crippen LogP contribution in [0.1, 0.15) is 31.2 Å². The van der Waals surface area contributed by atoms with Crippen molar-refractivity contribution >= 4 is 5.91 Å². The zero-order chi connectivity index (χ0) is 16.9. The van der Waals surface area contributed by atoms with E-state index < -0.39 is 0 Å². The minimum atomic E-state index is -0.178. The van der Waals surface area contributed by atoms with E-state index in [-0.39, 0.29) is 12.0 Å². The Morgan fingerprint density at radius 2 is 1.88 bits per heavy atom. The molecule has 1 saturated heterocycles. The van der Waals surface area contributed by atoms with Gasteiger partial charge in [0.1, 0.15) is 5.75 Å². The molecule has 2 atom stereocenters. The Hall–Kier alpha value is -1.59. The summed E-state index contributed by atoms with van der Waals surface area (Å²) in [6, 6.07) is 8.22. The molecule has 2 fully saturated rings. The predicted octanol–water partition coefficient (Wildman–Crippen LogP) is 1.69. The summed E-state index contributed by atoms with van der Waals surface area (Å²) in [6.45, 7) is 3.33. The van der Waals surface area contributed by atoms with Gasteiger partial charge in [0.05, 0.1) is 13.2 Å². The normalized spacial score (nSPS) is 25.0. The zero-order valence-electron chi connectivity index (χ0n) is 14.5. The van der Waals surface area contributed by atoms with Crippen LogP contribution in [-0.2, 0) is 11.2 Å². The second kappa shape index (κ2) is 7.99. The van der Waals surface area contributed by atoms with Gasteiger partial charge < -0.3 is 14.7 Å². The first-order valence-corrected chi connectivity index (χ1v) is 9.00. The summed E-state index contributed by atoms with van der Waals surface area (Å²) >= 11 is 0. The molecule has 1 aliphatic heterocycles. The van der Waals surface area contributed by atoms with Crippen molar-refractivity contribution in [1.82, 2.24) is 9.80 Å². The van der Waals surface area contributed by atoms with Crippen molar-refractivity contribution in [3.8, 4) is 5.75 Å². The van der Waals surface area contributed by atoms with Gasteiger partial charge in [-0.25, -0.2) is 0 Å². The third-order valence-electron chi connectivity index (χ3n) is 5.37. The van der Waals surface area contributed by atoms with E-state index in [9.17, 15) is 9.90 Å². The van der Waals surface area contributed by atoms with E-state index in [4.69, 9.17) is 4.74 Å². The Morgan fingerprint density at radius 3 is 2.46 bits per heavy atom. The smallest absolute Gasteiger partial charge is 0.222 e. The first-order valence-electron chi connectivity index (χ1n) is 9.00. The maximum atomic E-state index is 12.4. The fourth-order valence-electron chi connectivity index (χ4n) is 3.85.